The van der Waals surface area contributed by atoms with Crippen molar-refractivity contribution in [3.8, 4) is 11.4 Å². The van der Waals surface area contributed by atoms with Crippen LogP contribution in [0.3, 0.4) is 0 Å². The summed E-state index contributed by atoms with van der Waals surface area (Å²) in [5, 5.41) is 8.49. The molecule has 1 atom stereocenters. The lowest BCUT2D eigenvalue weighted by Crippen LogP contribution is -2.13. The van der Waals surface area contributed by atoms with Gasteiger partial charge in [-0.1, -0.05) is 54.5 Å². The maximum Gasteiger partial charge on any atom is 0.223 e. The van der Waals surface area contributed by atoms with Crippen LogP contribution in [-0.2, 0) is 0 Å². The number of anilines is 1. The molecule has 0 fully saturated rings. The third-order valence-corrected chi connectivity index (χ3v) is 4.21. The Morgan fingerprint density at radius 3 is 2.46 bits per heavy atom. The number of para-hydroxylation sites is 1. The number of hydrogen-bond donors (Lipinski definition) is 1. The summed E-state index contributed by atoms with van der Waals surface area (Å²) in [6, 6.07) is 17.8. The summed E-state index contributed by atoms with van der Waals surface area (Å²) in [7, 11) is 0. The molecule has 2 heterocycles. The standard InChI is InChI=1S/C20H19N5O/c1-3-16(20-21-13(2)26-25-20)22-19-15-11-7-8-12-17(15)23-18(24-19)14-9-5-4-6-10-14/h4-12,16H,3H2,1-2H3,(H,22,23,24). The molecule has 2 aromatic carbocycles. The van der Waals surface area contributed by atoms with E-state index in [2.05, 4.69) is 22.4 Å². The SMILES string of the molecule is CCC(Nc1nc(-c2ccccc2)nc2ccccc12)c1noc(C)n1. The average Bonchev–Trinajstić information content (AvgIpc) is 3.12. The molecule has 0 spiro atoms. The van der Waals surface area contributed by atoms with Gasteiger partial charge in [-0.05, 0) is 18.6 Å². The van der Waals surface area contributed by atoms with E-state index in [4.69, 9.17) is 14.5 Å². The van der Waals surface area contributed by atoms with Crippen LogP contribution in [0.15, 0.2) is 59.1 Å². The van der Waals surface area contributed by atoms with Crippen LogP contribution >= 0.6 is 0 Å². The van der Waals surface area contributed by atoms with Gasteiger partial charge in [0.15, 0.2) is 11.6 Å². The molecular formula is C20H19N5O. The van der Waals surface area contributed by atoms with Crippen molar-refractivity contribution >= 4 is 16.7 Å². The second-order valence-electron chi connectivity index (χ2n) is 6.06. The van der Waals surface area contributed by atoms with Crippen molar-refractivity contribution < 1.29 is 4.52 Å². The predicted molar refractivity (Wildman–Crippen MR) is 101 cm³/mol. The Morgan fingerprint density at radius 2 is 1.73 bits per heavy atom. The monoisotopic (exact) mass is 345 g/mol. The number of hydrogen-bond acceptors (Lipinski definition) is 6. The summed E-state index contributed by atoms with van der Waals surface area (Å²) in [5.41, 5.74) is 1.87. The van der Waals surface area contributed by atoms with Crippen LogP contribution in [0.2, 0.25) is 0 Å². The molecule has 26 heavy (non-hydrogen) atoms. The van der Waals surface area contributed by atoms with Crippen molar-refractivity contribution in [3.63, 3.8) is 0 Å². The van der Waals surface area contributed by atoms with Gasteiger partial charge in [-0.2, -0.15) is 4.98 Å². The second-order valence-corrected chi connectivity index (χ2v) is 6.06. The van der Waals surface area contributed by atoms with E-state index in [1.807, 2.05) is 54.6 Å². The van der Waals surface area contributed by atoms with Crippen molar-refractivity contribution in [1.29, 1.82) is 0 Å². The predicted octanol–water partition coefficient (Wildman–Crippen LogP) is 4.55. The summed E-state index contributed by atoms with van der Waals surface area (Å²) in [5.74, 6) is 2.64. The molecule has 4 aromatic rings. The largest absolute Gasteiger partial charge is 0.359 e. The Bertz CT molecular complexity index is 1030. The van der Waals surface area contributed by atoms with E-state index in [0.717, 1.165) is 28.7 Å². The molecule has 1 unspecified atom stereocenters. The van der Waals surface area contributed by atoms with E-state index >= 15 is 0 Å². The minimum absolute atomic E-state index is 0.0885. The van der Waals surface area contributed by atoms with Gasteiger partial charge in [-0.15, -0.1) is 0 Å². The summed E-state index contributed by atoms with van der Waals surface area (Å²) in [4.78, 5) is 13.9. The second kappa shape index (κ2) is 6.92. The molecule has 0 saturated heterocycles. The average molecular weight is 345 g/mol. The van der Waals surface area contributed by atoms with E-state index in [1.165, 1.54) is 0 Å². The molecule has 0 amide bonds. The first-order chi connectivity index (χ1) is 12.7. The third kappa shape index (κ3) is 3.13. The van der Waals surface area contributed by atoms with Gasteiger partial charge in [0.1, 0.15) is 5.82 Å². The number of aryl methyl sites for hydroxylation is 1. The maximum absolute atomic E-state index is 5.13. The highest BCUT2D eigenvalue weighted by molar-refractivity contribution is 5.90. The molecule has 6 nitrogen and oxygen atoms in total. The molecule has 0 bridgehead atoms. The van der Waals surface area contributed by atoms with E-state index < -0.39 is 0 Å². The van der Waals surface area contributed by atoms with Gasteiger partial charge in [0.2, 0.25) is 5.89 Å². The van der Waals surface area contributed by atoms with Crippen LogP contribution in [0.25, 0.3) is 22.3 Å². The topological polar surface area (TPSA) is 76.7 Å². The summed E-state index contributed by atoms with van der Waals surface area (Å²) in [6.07, 6.45) is 0.804. The molecule has 2 aromatic heterocycles. The van der Waals surface area contributed by atoms with Gasteiger partial charge < -0.3 is 9.84 Å². The highest BCUT2D eigenvalue weighted by Gasteiger charge is 2.18. The Morgan fingerprint density at radius 1 is 0.962 bits per heavy atom. The number of aromatic nitrogens is 4. The van der Waals surface area contributed by atoms with Gasteiger partial charge in [-0.25, -0.2) is 9.97 Å². The Kier molecular flexibility index (Phi) is 4.31. The van der Waals surface area contributed by atoms with Crippen LogP contribution in [0.4, 0.5) is 5.82 Å². The fourth-order valence-electron chi connectivity index (χ4n) is 2.87. The van der Waals surface area contributed by atoms with Gasteiger partial charge in [0, 0.05) is 17.9 Å². The fraction of sp³-hybridized carbons (Fsp3) is 0.200. The summed E-state index contributed by atoms with van der Waals surface area (Å²) in [6.45, 7) is 3.86. The van der Waals surface area contributed by atoms with Crippen LogP contribution in [-0.4, -0.2) is 20.1 Å². The highest BCUT2D eigenvalue weighted by atomic mass is 16.5. The molecule has 6 heteroatoms. The number of nitrogens with one attached hydrogen (secondary N) is 1. The molecule has 4 rings (SSSR count). The van der Waals surface area contributed by atoms with Crippen molar-refractivity contribution in [2.75, 3.05) is 5.32 Å². The van der Waals surface area contributed by atoms with Crippen LogP contribution in [0, 0.1) is 6.92 Å². The van der Waals surface area contributed by atoms with Crippen molar-refractivity contribution in [1.82, 2.24) is 20.1 Å². The van der Waals surface area contributed by atoms with Crippen molar-refractivity contribution in [2.24, 2.45) is 0 Å². The lowest BCUT2D eigenvalue weighted by molar-refractivity contribution is 0.384. The Balaban J connectivity index is 1.80. The number of fused-ring (bicyclic) bond motifs is 1. The molecule has 0 aliphatic carbocycles. The van der Waals surface area contributed by atoms with Crippen LogP contribution in [0.5, 0.6) is 0 Å². The first-order valence-corrected chi connectivity index (χ1v) is 8.63. The molecule has 0 radical (unpaired) electrons. The minimum atomic E-state index is -0.0885. The van der Waals surface area contributed by atoms with E-state index in [0.29, 0.717) is 17.5 Å². The number of rotatable bonds is 5. The van der Waals surface area contributed by atoms with Gasteiger partial charge in [0.25, 0.3) is 0 Å². The van der Waals surface area contributed by atoms with Crippen LogP contribution < -0.4 is 5.32 Å². The molecule has 0 aliphatic heterocycles. The van der Waals surface area contributed by atoms with Crippen LogP contribution in [0.1, 0.15) is 31.1 Å². The van der Waals surface area contributed by atoms with E-state index in [9.17, 15) is 0 Å². The first kappa shape index (κ1) is 16.2. The van der Waals surface area contributed by atoms with E-state index in [-0.39, 0.29) is 6.04 Å². The zero-order chi connectivity index (χ0) is 17.9. The summed E-state index contributed by atoms with van der Waals surface area (Å²) < 4.78 is 5.13. The quantitative estimate of drug-likeness (QED) is 0.572. The smallest absolute Gasteiger partial charge is 0.223 e. The van der Waals surface area contributed by atoms with Gasteiger partial charge in [-0.3, -0.25) is 0 Å². The fourth-order valence-corrected chi connectivity index (χ4v) is 2.87. The number of benzene rings is 2. The zero-order valence-corrected chi connectivity index (χ0v) is 14.7. The Hall–Kier alpha value is -3.28. The molecule has 130 valence electrons. The lowest BCUT2D eigenvalue weighted by atomic mass is 10.1. The molecular weight excluding hydrogens is 326 g/mol. The lowest BCUT2D eigenvalue weighted by Gasteiger charge is -2.16. The highest BCUT2D eigenvalue weighted by Crippen LogP contribution is 2.28. The molecule has 1 N–H and O–H groups in total. The first-order valence-electron chi connectivity index (χ1n) is 8.63. The third-order valence-electron chi connectivity index (χ3n) is 4.21. The van der Waals surface area contributed by atoms with E-state index in [1.54, 1.807) is 6.92 Å². The maximum atomic E-state index is 5.13. The zero-order valence-electron chi connectivity index (χ0n) is 14.7. The molecule has 0 aliphatic rings. The van der Waals surface area contributed by atoms with Gasteiger partial charge in [0.05, 0.1) is 11.6 Å². The summed E-state index contributed by atoms with van der Waals surface area (Å²) >= 11 is 0. The minimum Gasteiger partial charge on any atom is -0.359 e. The van der Waals surface area contributed by atoms with Crippen molar-refractivity contribution in [2.45, 2.75) is 26.3 Å². The Labute approximate surface area is 151 Å². The van der Waals surface area contributed by atoms with Gasteiger partial charge >= 0.3 is 0 Å². The van der Waals surface area contributed by atoms with Crippen molar-refractivity contribution in [3.05, 3.63) is 66.3 Å². The molecule has 0 saturated carbocycles. The normalized spacial score (nSPS) is 12.2. The number of nitrogens with zero attached hydrogens (tertiary/aromatic N) is 4.